The molecule has 0 spiro atoms. The van der Waals surface area contributed by atoms with Crippen molar-refractivity contribution in [3.05, 3.63) is 41.5 Å². The van der Waals surface area contributed by atoms with E-state index in [0.29, 0.717) is 0 Å². The van der Waals surface area contributed by atoms with Crippen molar-refractivity contribution in [2.45, 2.75) is 37.6 Å². The van der Waals surface area contributed by atoms with E-state index in [4.69, 9.17) is 14.6 Å². The number of carbonyl (C=O) groups excluding carboxylic acids is 1. The second-order valence-corrected chi connectivity index (χ2v) is 5.72. The number of aliphatic hydroxyl groups excluding tert-OH is 3. The van der Waals surface area contributed by atoms with Gasteiger partial charge in [0.1, 0.15) is 24.4 Å². The summed E-state index contributed by atoms with van der Waals surface area (Å²) in [6.45, 7) is 1.49. The monoisotopic (exact) mass is 337 g/mol. The number of methoxy groups -OCH3 is 1. The van der Waals surface area contributed by atoms with Crippen LogP contribution in [0.3, 0.4) is 0 Å². The van der Waals surface area contributed by atoms with Crippen LogP contribution >= 0.6 is 0 Å². The van der Waals surface area contributed by atoms with Crippen molar-refractivity contribution >= 4 is 12.0 Å². The van der Waals surface area contributed by atoms with Gasteiger partial charge < -0.3 is 30.1 Å². The number of benzene rings is 1. The van der Waals surface area contributed by atoms with E-state index >= 15 is 0 Å². The zero-order valence-electron chi connectivity index (χ0n) is 13.6. The van der Waals surface area contributed by atoms with Crippen molar-refractivity contribution in [3.8, 4) is 0 Å². The maximum atomic E-state index is 12.1. The first-order chi connectivity index (χ1) is 11.5. The Balaban J connectivity index is 2.03. The first kappa shape index (κ1) is 18.6. The van der Waals surface area contributed by atoms with Crippen LogP contribution in [0, 0.1) is 6.92 Å². The molecular weight excluding hydrogens is 314 g/mol. The molecule has 0 aliphatic carbocycles. The van der Waals surface area contributed by atoms with Gasteiger partial charge in [-0.3, -0.25) is 4.79 Å². The molecule has 7 heteroatoms. The first-order valence-corrected chi connectivity index (χ1v) is 7.66. The zero-order chi connectivity index (χ0) is 17.7. The smallest absolute Gasteiger partial charge is 0.244 e. The molecule has 7 nitrogen and oxygen atoms in total. The van der Waals surface area contributed by atoms with Crippen LogP contribution in [0.1, 0.15) is 11.1 Å². The number of hydrogen-bond donors (Lipinski definition) is 4. The Morgan fingerprint density at radius 2 is 2.12 bits per heavy atom. The second kappa shape index (κ2) is 8.36. The van der Waals surface area contributed by atoms with Gasteiger partial charge in [-0.1, -0.05) is 29.8 Å². The largest absolute Gasteiger partial charge is 0.394 e. The van der Waals surface area contributed by atoms with Crippen LogP contribution in [0.15, 0.2) is 30.3 Å². The van der Waals surface area contributed by atoms with Gasteiger partial charge in [-0.25, -0.2) is 0 Å². The standard InChI is InChI=1S/C17H23NO6/c1-10-4-3-5-11(8-10)6-7-13(20)18-14-16(22)15(21)12(9-19)24-17(14)23-2/h3-8,12,14-17,19,21-22H,9H2,1-2H3,(H,18,20). The van der Waals surface area contributed by atoms with Crippen LogP contribution in [0.25, 0.3) is 6.08 Å². The highest BCUT2D eigenvalue weighted by atomic mass is 16.7. The van der Waals surface area contributed by atoms with Crippen molar-refractivity contribution in [3.63, 3.8) is 0 Å². The first-order valence-electron chi connectivity index (χ1n) is 7.66. The molecule has 1 aliphatic rings. The minimum Gasteiger partial charge on any atom is -0.394 e. The number of rotatable bonds is 5. The number of ether oxygens (including phenoxy) is 2. The van der Waals surface area contributed by atoms with Crippen LogP contribution in [-0.2, 0) is 14.3 Å². The zero-order valence-corrected chi connectivity index (χ0v) is 13.6. The Kier molecular flexibility index (Phi) is 6.47. The van der Waals surface area contributed by atoms with Gasteiger partial charge in [0.15, 0.2) is 6.29 Å². The average molecular weight is 337 g/mol. The SMILES string of the molecule is COC1OC(CO)C(O)C(O)C1NC(=O)C=Cc1cccc(C)c1. The number of nitrogens with one attached hydrogen (secondary N) is 1. The molecule has 1 amide bonds. The highest BCUT2D eigenvalue weighted by Gasteiger charge is 2.44. The Morgan fingerprint density at radius 1 is 1.38 bits per heavy atom. The highest BCUT2D eigenvalue weighted by molar-refractivity contribution is 5.92. The van der Waals surface area contributed by atoms with Crippen LogP contribution in [0.4, 0.5) is 0 Å². The summed E-state index contributed by atoms with van der Waals surface area (Å²) < 4.78 is 10.4. The van der Waals surface area contributed by atoms with E-state index in [-0.39, 0.29) is 0 Å². The predicted octanol–water partition coefficient (Wildman–Crippen LogP) is -0.422. The fourth-order valence-corrected chi connectivity index (χ4v) is 2.60. The maximum Gasteiger partial charge on any atom is 0.244 e. The molecule has 0 saturated carbocycles. The van der Waals surface area contributed by atoms with Crippen molar-refractivity contribution in [2.75, 3.05) is 13.7 Å². The molecule has 1 aliphatic heterocycles. The Hall–Kier alpha value is -1.77. The van der Waals surface area contributed by atoms with Crippen molar-refractivity contribution in [2.24, 2.45) is 0 Å². The van der Waals surface area contributed by atoms with E-state index in [1.165, 1.54) is 13.2 Å². The number of aryl methyl sites for hydroxylation is 1. The fourth-order valence-electron chi connectivity index (χ4n) is 2.60. The van der Waals surface area contributed by atoms with Crippen molar-refractivity contribution in [1.82, 2.24) is 5.32 Å². The van der Waals surface area contributed by atoms with Gasteiger partial charge in [0, 0.05) is 13.2 Å². The van der Waals surface area contributed by atoms with Crippen molar-refractivity contribution < 1.29 is 29.6 Å². The number of hydrogen-bond acceptors (Lipinski definition) is 6. The van der Waals surface area contributed by atoms with Gasteiger partial charge >= 0.3 is 0 Å². The molecule has 0 radical (unpaired) electrons. The lowest BCUT2D eigenvalue weighted by atomic mass is 9.97. The fraction of sp³-hybridized carbons (Fsp3) is 0.471. The van der Waals surface area contributed by atoms with Crippen LogP contribution < -0.4 is 5.32 Å². The summed E-state index contributed by atoms with van der Waals surface area (Å²) in [7, 11) is 1.35. The van der Waals surface area contributed by atoms with Gasteiger partial charge in [0.25, 0.3) is 0 Å². The Bertz CT molecular complexity index is 588. The summed E-state index contributed by atoms with van der Waals surface area (Å²) in [6, 6.07) is 6.67. The van der Waals surface area contributed by atoms with Crippen LogP contribution in [0.5, 0.6) is 0 Å². The van der Waals surface area contributed by atoms with Gasteiger partial charge in [-0.2, -0.15) is 0 Å². The molecule has 0 bridgehead atoms. The maximum absolute atomic E-state index is 12.1. The highest BCUT2D eigenvalue weighted by Crippen LogP contribution is 2.21. The second-order valence-electron chi connectivity index (χ2n) is 5.72. The lowest BCUT2D eigenvalue weighted by Gasteiger charge is -2.41. The van der Waals surface area contributed by atoms with E-state index < -0.39 is 43.2 Å². The van der Waals surface area contributed by atoms with E-state index in [2.05, 4.69) is 5.32 Å². The molecule has 24 heavy (non-hydrogen) atoms. The topological polar surface area (TPSA) is 108 Å². The average Bonchev–Trinajstić information content (AvgIpc) is 2.57. The van der Waals surface area contributed by atoms with E-state index in [9.17, 15) is 15.0 Å². The summed E-state index contributed by atoms with van der Waals surface area (Å²) in [5.74, 6) is -0.458. The summed E-state index contributed by atoms with van der Waals surface area (Å²) in [5, 5.41) is 31.8. The van der Waals surface area contributed by atoms with Crippen molar-refractivity contribution in [1.29, 1.82) is 0 Å². The normalized spacial score (nSPS) is 30.5. The summed E-state index contributed by atoms with van der Waals surface area (Å²) in [6.07, 6.45) is -1.62. The molecule has 132 valence electrons. The third kappa shape index (κ3) is 4.40. The molecule has 1 fully saturated rings. The Morgan fingerprint density at radius 3 is 2.75 bits per heavy atom. The summed E-state index contributed by atoms with van der Waals surface area (Å²) >= 11 is 0. The van der Waals surface area contributed by atoms with Gasteiger partial charge in [-0.15, -0.1) is 0 Å². The molecule has 5 unspecified atom stereocenters. The molecule has 1 aromatic rings. The van der Waals surface area contributed by atoms with E-state index in [0.717, 1.165) is 11.1 Å². The third-order valence-corrected chi connectivity index (χ3v) is 3.89. The molecule has 1 aromatic carbocycles. The Labute approximate surface area is 140 Å². The molecule has 2 rings (SSSR count). The number of aliphatic hydroxyl groups is 3. The predicted molar refractivity (Wildman–Crippen MR) is 86.9 cm³/mol. The molecule has 5 atom stereocenters. The molecule has 1 saturated heterocycles. The molecule has 4 N–H and O–H groups in total. The van der Waals surface area contributed by atoms with E-state index in [1.54, 1.807) is 6.08 Å². The van der Waals surface area contributed by atoms with E-state index in [1.807, 2.05) is 31.2 Å². The van der Waals surface area contributed by atoms with Gasteiger partial charge in [0.2, 0.25) is 5.91 Å². The lowest BCUT2D eigenvalue weighted by molar-refractivity contribution is -0.262. The number of carbonyl (C=O) groups is 1. The van der Waals surface area contributed by atoms with Gasteiger partial charge in [-0.05, 0) is 18.6 Å². The quantitative estimate of drug-likeness (QED) is 0.544. The number of amides is 1. The lowest BCUT2D eigenvalue weighted by Crippen LogP contribution is -2.64. The van der Waals surface area contributed by atoms with Gasteiger partial charge in [0.05, 0.1) is 6.61 Å². The minimum atomic E-state index is -1.33. The molecule has 1 heterocycles. The molecular formula is C17H23NO6. The summed E-state index contributed by atoms with van der Waals surface area (Å²) in [5.41, 5.74) is 1.94. The van der Waals surface area contributed by atoms with Crippen LogP contribution in [-0.4, -0.2) is 65.6 Å². The third-order valence-electron chi connectivity index (χ3n) is 3.89. The minimum absolute atomic E-state index is 0.458. The summed E-state index contributed by atoms with van der Waals surface area (Å²) in [4.78, 5) is 12.1. The van der Waals surface area contributed by atoms with Crippen LogP contribution in [0.2, 0.25) is 0 Å². The molecule has 0 aromatic heterocycles.